The van der Waals surface area contributed by atoms with Gasteiger partial charge in [-0.25, -0.2) is 0 Å². The summed E-state index contributed by atoms with van der Waals surface area (Å²) in [6, 6.07) is 11.6. The zero-order valence-electron chi connectivity index (χ0n) is 13.1. The first kappa shape index (κ1) is 16.5. The van der Waals surface area contributed by atoms with Crippen molar-refractivity contribution in [3.05, 3.63) is 46.7 Å². The van der Waals surface area contributed by atoms with Gasteiger partial charge in [-0.1, -0.05) is 6.07 Å². The molecule has 1 heterocycles. The van der Waals surface area contributed by atoms with Crippen molar-refractivity contribution < 1.29 is 14.4 Å². The first-order valence-corrected chi connectivity index (χ1v) is 8.48. The third kappa shape index (κ3) is 5.16. The maximum absolute atomic E-state index is 12.2. The smallest absolute Gasteiger partial charge is 0.279 e. The zero-order chi connectivity index (χ0) is 15.8. The quantitative estimate of drug-likeness (QED) is 0.783. The number of thiophene rings is 1. The minimum Gasteiger partial charge on any atom is -0.494 e. The van der Waals surface area contributed by atoms with Crippen LogP contribution in [0.1, 0.15) is 18.7 Å². The predicted octanol–water partition coefficient (Wildman–Crippen LogP) is 2.19. The van der Waals surface area contributed by atoms with Crippen LogP contribution in [0.4, 0.5) is 5.69 Å². The molecule has 1 amide bonds. The Morgan fingerprint density at radius 3 is 2.59 bits per heavy atom. The number of carbonyl (C=O) groups is 1. The summed E-state index contributed by atoms with van der Waals surface area (Å²) in [4.78, 5) is 14.7. The lowest BCUT2D eigenvalue weighted by Crippen LogP contribution is -3.11. The number of rotatable bonds is 8. The summed E-state index contributed by atoms with van der Waals surface area (Å²) < 4.78 is 5.39. The maximum atomic E-state index is 12.2. The Bertz CT molecular complexity index is 567. The van der Waals surface area contributed by atoms with Crippen LogP contribution in [0.25, 0.3) is 0 Å². The van der Waals surface area contributed by atoms with Crippen LogP contribution in [-0.4, -0.2) is 25.6 Å². The van der Waals surface area contributed by atoms with Gasteiger partial charge in [-0.2, -0.15) is 0 Å². The minimum atomic E-state index is 0.0394. The molecule has 0 aliphatic carbocycles. The summed E-state index contributed by atoms with van der Waals surface area (Å²) in [6.45, 7) is 6.99. The Morgan fingerprint density at radius 1 is 1.23 bits per heavy atom. The molecule has 0 radical (unpaired) electrons. The number of ether oxygens (including phenoxy) is 1. The molecule has 2 N–H and O–H groups in total. The monoisotopic (exact) mass is 319 g/mol. The van der Waals surface area contributed by atoms with Crippen molar-refractivity contribution in [3.63, 3.8) is 0 Å². The van der Waals surface area contributed by atoms with Crippen molar-refractivity contribution in [1.29, 1.82) is 0 Å². The highest BCUT2D eigenvalue weighted by Gasteiger charge is 2.13. The number of anilines is 1. The lowest BCUT2D eigenvalue weighted by Gasteiger charge is -2.16. The highest BCUT2D eigenvalue weighted by atomic mass is 32.1. The molecule has 2 aromatic rings. The van der Waals surface area contributed by atoms with E-state index in [4.69, 9.17) is 4.74 Å². The molecule has 22 heavy (non-hydrogen) atoms. The molecule has 0 saturated heterocycles. The van der Waals surface area contributed by atoms with E-state index in [1.165, 1.54) is 9.78 Å². The van der Waals surface area contributed by atoms with Gasteiger partial charge in [-0.3, -0.25) is 4.79 Å². The van der Waals surface area contributed by atoms with E-state index < -0.39 is 0 Å². The van der Waals surface area contributed by atoms with Crippen LogP contribution in [0, 0.1) is 0 Å². The molecule has 4 nitrogen and oxygen atoms in total. The summed E-state index contributed by atoms with van der Waals surface area (Å²) in [6.07, 6.45) is 0. The van der Waals surface area contributed by atoms with Gasteiger partial charge in [0.1, 0.15) is 12.3 Å². The molecular weight excluding hydrogens is 296 g/mol. The van der Waals surface area contributed by atoms with Crippen LogP contribution in [-0.2, 0) is 11.3 Å². The van der Waals surface area contributed by atoms with Crippen molar-refractivity contribution in [1.82, 2.24) is 0 Å². The van der Waals surface area contributed by atoms with E-state index >= 15 is 0 Å². The fraction of sp³-hybridized carbons (Fsp3) is 0.353. The number of carbonyl (C=O) groups excluding carboxylic acids is 1. The SMILES string of the molecule is CCOc1ccc(NC(=O)C[NH+](CC)Cc2cccs2)cc1. The number of likely N-dealkylation sites (N-methyl/N-ethyl adjacent to an activating group) is 1. The first-order chi connectivity index (χ1) is 10.7. The van der Waals surface area contributed by atoms with Gasteiger partial charge in [0.15, 0.2) is 6.54 Å². The fourth-order valence-electron chi connectivity index (χ4n) is 2.21. The summed E-state index contributed by atoms with van der Waals surface area (Å²) >= 11 is 1.74. The molecule has 0 fully saturated rings. The standard InChI is InChI=1S/C17H22N2O2S/c1-3-19(12-16-6-5-11-22-16)13-17(20)18-14-7-9-15(10-8-14)21-4-2/h5-11H,3-4,12-13H2,1-2H3,(H,18,20)/p+1. The topological polar surface area (TPSA) is 42.8 Å². The van der Waals surface area contributed by atoms with Gasteiger partial charge in [0.25, 0.3) is 5.91 Å². The van der Waals surface area contributed by atoms with E-state index in [9.17, 15) is 4.79 Å². The van der Waals surface area contributed by atoms with Crippen LogP contribution in [0.2, 0.25) is 0 Å². The van der Waals surface area contributed by atoms with Crippen molar-refractivity contribution >= 4 is 22.9 Å². The summed E-state index contributed by atoms with van der Waals surface area (Å²) in [5.41, 5.74) is 0.806. The summed E-state index contributed by atoms with van der Waals surface area (Å²) in [5, 5.41) is 5.02. The molecule has 2 rings (SSSR count). The molecule has 0 saturated carbocycles. The van der Waals surface area contributed by atoms with Crippen LogP contribution in [0.5, 0.6) is 5.75 Å². The van der Waals surface area contributed by atoms with Gasteiger partial charge < -0.3 is 15.0 Å². The van der Waals surface area contributed by atoms with E-state index in [1.54, 1.807) is 11.3 Å². The van der Waals surface area contributed by atoms with E-state index in [0.29, 0.717) is 13.2 Å². The Morgan fingerprint density at radius 2 is 2.00 bits per heavy atom. The molecule has 0 spiro atoms. The number of hydrogen-bond acceptors (Lipinski definition) is 3. The molecule has 0 bridgehead atoms. The van der Waals surface area contributed by atoms with Crippen molar-refractivity contribution in [2.24, 2.45) is 0 Å². The van der Waals surface area contributed by atoms with Crippen molar-refractivity contribution in [3.8, 4) is 5.75 Å². The second-order valence-electron chi connectivity index (χ2n) is 5.04. The normalized spacial score (nSPS) is 11.9. The van der Waals surface area contributed by atoms with Gasteiger partial charge in [0, 0.05) is 5.69 Å². The van der Waals surface area contributed by atoms with Gasteiger partial charge in [0.05, 0.1) is 18.0 Å². The van der Waals surface area contributed by atoms with E-state index in [-0.39, 0.29) is 5.91 Å². The minimum absolute atomic E-state index is 0.0394. The Balaban J connectivity index is 1.85. The fourth-order valence-corrected chi connectivity index (χ4v) is 2.98. The Labute approximate surface area is 135 Å². The second-order valence-corrected chi connectivity index (χ2v) is 6.07. The molecule has 1 unspecified atom stereocenters. The lowest BCUT2D eigenvalue weighted by atomic mass is 10.3. The first-order valence-electron chi connectivity index (χ1n) is 7.60. The zero-order valence-corrected chi connectivity index (χ0v) is 13.9. The average Bonchev–Trinajstić information content (AvgIpc) is 3.02. The van der Waals surface area contributed by atoms with Gasteiger partial charge >= 0.3 is 0 Å². The molecular formula is C17H23N2O2S+. The number of nitrogens with one attached hydrogen (secondary N) is 2. The van der Waals surface area contributed by atoms with E-state index in [0.717, 1.165) is 24.5 Å². The lowest BCUT2D eigenvalue weighted by molar-refractivity contribution is -0.903. The number of amides is 1. The van der Waals surface area contributed by atoms with Gasteiger partial charge in [-0.15, -0.1) is 11.3 Å². The highest BCUT2D eigenvalue weighted by molar-refractivity contribution is 7.09. The van der Waals surface area contributed by atoms with E-state index in [1.807, 2.05) is 37.3 Å². The molecule has 0 aliphatic heterocycles. The molecule has 0 aliphatic rings. The van der Waals surface area contributed by atoms with Crippen LogP contribution in [0.15, 0.2) is 41.8 Å². The maximum Gasteiger partial charge on any atom is 0.279 e. The largest absolute Gasteiger partial charge is 0.494 e. The third-order valence-corrected chi connectivity index (χ3v) is 4.24. The second kappa shape index (κ2) is 8.56. The van der Waals surface area contributed by atoms with Gasteiger partial charge in [-0.05, 0) is 49.6 Å². The Kier molecular flexibility index (Phi) is 6.43. The summed E-state index contributed by atoms with van der Waals surface area (Å²) in [5.74, 6) is 0.858. The summed E-state index contributed by atoms with van der Waals surface area (Å²) in [7, 11) is 0. The average molecular weight is 319 g/mol. The van der Waals surface area contributed by atoms with Crippen LogP contribution < -0.4 is 15.0 Å². The predicted molar refractivity (Wildman–Crippen MR) is 90.6 cm³/mol. The number of quaternary nitrogens is 1. The van der Waals surface area contributed by atoms with Crippen LogP contribution >= 0.6 is 11.3 Å². The van der Waals surface area contributed by atoms with E-state index in [2.05, 4.69) is 23.7 Å². The number of hydrogen-bond donors (Lipinski definition) is 2. The third-order valence-electron chi connectivity index (χ3n) is 3.36. The highest BCUT2D eigenvalue weighted by Crippen LogP contribution is 2.15. The molecule has 1 aromatic heterocycles. The van der Waals surface area contributed by atoms with Gasteiger partial charge in [0.2, 0.25) is 0 Å². The Hall–Kier alpha value is -1.85. The van der Waals surface area contributed by atoms with Crippen LogP contribution in [0.3, 0.4) is 0 Å². The van der Waals surface area contributed by atoms with Crippen molar-refractivity contribution in [2.75, 3.05) is 25.0 Å². The number of benzene rings is 1. The molecule has 118 valence electrons. The molecule has 1 aromatic carbocycles. The molecule has 1 atom stereocenters. The molecule has 5 heteroatoms. The van der Waals surface area contributed by atoms with Crippen molar-refractivity contribution in [2.45, 2.75) is 20.4 Å².